The van der Waals surface area contributed by atoms with E-state index in [0.29, 0.717) is 0 Å². The van der Waals surface area contributed by atoms with Crippen LogP contribution in [-0.4, -0.2) is 46.6 Å². The second-order valence-electron chi connectivity index (χ2n) is 7.23. The van der Waals surface area contributed by atoms with Crippen molar-refractivity contribution in [1.29, 1.82) is 0 Å². The van der Waals surface area contributed by atoms with Crippen LogP contribution in [0.5, 0.6) is 0 Å². The van der Waals surface area contributed by atoms with Crippen molar-refractivity contribution >= 4 is 17.5 Å². The SMILES string of the molecule is C#Cc1ccc(Nc2ccnc(N3CCN(C(C)(C)C)CC3)n2)cc1. The third-order valence-corrected chi connectivity index (χ3v) is 4.48. The maximum absolute atomic E-state index is 5.39. The molecule has 1 aromatic carbocycles. The molecule has 130 valence electrons. The molecular formula is C20H25N5. The molecule has 1 saturated heterocycles. The number of benzene rings is 1. The maximum Gasteiger partial charge on any atom is 0.227 e. The van der Waals surface area contributed by atoms with Crippen LogP contribution in [-0.2, 0) is 0 Å². The number of hydrogen-bond acceptors (Lipinski definition) is 5. The number of aromatic nitrogens is 2. The van der Waals surface area contributed by atoms with Crippen LogP contribution in [0, 0.1) is 12.3 Å². The van der Waals surface area contributed by atoms with Gasteiger partial charge >= 0.3 is 0 Å². The Bertz CT molecular complexity index is 747. The van der Waals surface area contributed by atoms with Crippen LogP contribution >= 0.6 is 0 Å². The molecule has 1 N–H and O–H groups in total. The van der Waals surface area contributed by atoms with Crippen molar-refractivity contribution in [2.75, 3.05) is 36.4 Å². The molecule has 25 heavy (non-hydrogen) atoms. The summed E-state index contributed by atoms with van der Waals surface area (Å²) >= 11 is 0. The predicted octanol–water partition coefficient (Wildman–Crippen LogP) is 3.12. The van der Waals surface area contributed by atoms with Gasteiger partial charge in [0.25, 0.3) is 0 Å². The monoisotopic (exact) mass is 335 g/mol. The number of piperazine rings is 1. The summed E-state index contributed by atoms with van der Waals surface area (Å²) < 4.78 is 0. The van der Waals surface area contributed by atoms with E-state index < -0.39 is 0 Å². The topological polar surface area (TPSA) is 44.3 Å². The van der Waals surface area contributed by atoms with Gasteiger partial charge in [0.05, 0.1) is 0 Å². The second-order valence-corrected chi connectivity index (χ2v) is 7.23. The zero-order chi connectivity index (χ0) is 17.9. The molecule has 0 saturated carbocycles. The van der Waals surface area contributed by atoms with Gasteiger partial charge < -0.3 is 10.2 Å². The predicted molar refractivity (Wildman–Crippen MR) is 103 cm³/mol. The van der Waals surface area contributed by atoms with Crippen molar-refractivity contribution in [3.63, 3.8) is 0 Å². The smallest absolute Gasteiger partial charge is 0.227 e. The minimum atomic E-state index is 0.209. The van der Waals surface area contributed by atoms with E-state index in [-0.39, 0.29) is 5.54 Å². The van der Waals surface area contributed by atoms with Crippen LogP contribution < -0.4 is 10.2 Å². The second kappa shape index (κ2) is 7.12. The van der Waals surface area contributed by atoms with Crippen LogP contribution in [0.3, 0.4) is 0 Å². The largest absolute Gasteiger partial charge is 0.340 e. The summed E-state index contributed by atoms with van der Waals surface area (Å²) in [5, 5.41) is 3.31. The van der Waals surface area contributed by atoms with E-state index in [0.717, 1.165) is 49.2 Å². The van der Waals surface area contributed by atoms with Crippen molar-refractivity contribution in [3.05, 3.63) is 42.1 Å². The first kappa shape index (κ1) is 17.2. The highest BCUT2D eigenvalue weighted by atomic mass is 15.3. The summed E-state index contributed by atoms with van der Waals surface area (Å²) in [5.74, 6) is 4.19. The Morgan fingerprint density at radius 3 is 2.32 bits per heavy atom. The highest BCUT2D eigenvalue weighted by molar-refractivity contribution is 5.58. The number of hydrogen-bond donors (Lipinski definition) is 1. The molecule has 2 heterocycles. The molecule has 3 rings (SSSR count). The lowest BCUT2D eigenvalue weighted by Crippen LogP contribution is -2.53. The summed E-state index contributed by atoms with van der Waals surface area (Å²) in [4.78, 5) is 13.9. The van der Waals surface area contributed by atoms with Gasteiger partial charge in [-0.3, -0.25) is 4.90 Å². The van der Waals surface area contributed by atoms with Gasteiger partial charge in [0, 0.05) is 49.2 Å². The third kappa shape index (κ3) is 4.28. The lowest BCUT2D eigenvalue weighted by Gasteiger charge is -2.42. The van der Waals surface area contributed by atoms with Crippen LogP contribution in [0.1, 0.15) is 26.3 Å². The first-order valence-electron chi connectivity index (χ1n) is 8.62. The van der Waals surface area contributed by atoms with Gasteiger partial charge in [-0.25, -0.2) is 4.98 Å². The summed E-state index contributed by atoms with van der Waals surface area (Å²) in [6, 6.07) is 9.62. The number of anilines is 3. The Kier molecular flexibility index (Phi) is 4.91. The lowest BCUT2D eigenvalue weighted by atomic mass is 10.1. The van der Waals surface area contributed by atoms with Gasteiger partial charge in [-0.05, 0) is 51.1 Å². The molecule has 0 aliphatic carbocycles. The van der Waals surface area contributed by atoms with Crippen molar-refractivity contribution in [2.24, 2.45) is 0 Å². The van der Waals surface area contributed by atoms with Gasteiger partial charge in [0.2, 0.25) is 5.95 Å². The molecule has 1 fully saturated rings. The van der Waals surface area contributed by atoms with Crippen LogP contribution in [0.4, 0.5) is 17.5 Å². The van der Waals surface area contributed by atoms with Crippen molar-refractivity contribution in [3.8, 4) is 12.3 Å². The van der Waals surface area contributed by atoms with E-state index in [1.54, 1.807) is 6.20 Å². The minimum absolute atomic E-state index is 0.209. The van der Waals surface area contributed by atoms with Crippen molar-refractivity contribution in [2.45, 2.75) is 26.3 Å². The standard InChI is InChI=1S/C20H25N5/c1-5-16-6-8-17(9-7-16)22-18-10-11-21-19(23-18)24-12-14-25(15-13-24)20(2,3)4/h1,6-11H,12-15H2,2-4H3,(H,21,22,23). The normalized spacial score (nSPS) is 15.7. The minimum Gasteiger partial charge on any atom is -0.340 e. The van der Waals surface area contributed by atoms with Gasteiger partial charge in [-0.2, -0.15) is 4.98 Å². The number of terminal acetylenes is 1. The Balaban J connectivity index is 1.66. The van der Waals surface area contributed by atoms with Gasteiger partial charge in [0.1, 0.15) is 5.82 Å². The van der Waals surface area contributed by atoms with Crippen molar-refractivity contribution in [1.82, 2.24) is 14.9 Å². The average Bonchev–Trinajstić information content (AvgIpc) is 2.62. The van der Waals surface area contributed by atoms with Gasteiger partial charge in [-0.1, -0.05) is 5.92 Å². The number of nitrogens with one attached hydrogen (secondary N) is 1. The van der Waals surface area contributed by atoms with Gasteiger partial charge in [0.15, 0.2) is 0 Å². The van der Waals surface area contributed by atoms with E-state index in [2.05, 4.69) is 51.8 Å². The first-order valence-corrected chi connectivity index (χ1v) is 8.62. The fraction of sp³-hybridized carbons (Fsp3) is 0.400. The summed E-state index contributed by atoms with van der Waals surface area (Å²) in [6.07, 6.45) is 7.19. The van der Waals surface area contributed by atoms with E-state index in [1.807, 2.05) is 30.3 Å². The summed E-state index contributed by atoms with van der Waals surface area (Å²) in [6.45, 7) is 10.7. The molecule has 0 spiro atoms. The molecule has 0 radical (unpaired) electrons. The van der Waals surface area contributed by atoms with Crippen LogP contribution in [0.15, 0.2) is 36.5 Å². The van der Waals surface area contributed by atoms with E-state index in [9.17, 15) is 0 Å². The Hall–Kier alpha value is -2.58. The quantitative estimate of drug-likeness (QED) is 0.873. The zero-order valence-electron chi connectivity index (χ0n) is 15.2. The molecule has 0 amide bonds. The van der Waals surface area contributed by atoms with Gasteiger partial charge in [-0.15, -0.1) is 6.42 Å². The summed E-state index contributed by atoms with van der Waals surface area (Å²) in [7, 11) is 0. The number of nitrogens with zero attached hydrogens (tertiary/aromatic N) is 4. The molecule has 0 unspecified atom stereocenters. The van der Waals surface area contributed by atoms with E-state index in [4.69, 9.17) is 6.42 Å². The Morgan fingerprint density at radius 1 is 1.04 bits per heavy atom. The third-order valence-electron chi connectivity index (χ3n) is 4.48. The molecule has 1 aliphatic rings. The molecule has 0 bridgehead atoms. The lowest BCUT2D eigenvalue weighted by molar-refractivity contribution is 0.128. The molecular weight excluding hydrogens is 310 g/mol. The highest BCUT2D eigenvalue weighted by Crippen LogP contribution is 2.20. The zero-order valence-corrected chi connectivity index (χ0v) is 15.2. The van der Waals surface area contributed by atoms with Crippen molar-refractivity contribution < 1.29 is 0 Å². The summed E-state index contributed by atoms with van der Waals surface area (Å²) in [5.41, 5.74) is 2.04. The molecule has 5 nitrogen and oxygen atoms in total. The first-order chi connectivity index (χ1) is 12.0. The highest BCUT2D eigenvalue weighted by Gasteiger charge is 2.26. The average molecular weight is 335 g/mol. The molecule has 1 aromatic heterocycles. The Labute approximate surface area is 150 Å². The molecule has 2 aromatic rings. The maximum atomic E-state index is 5.39. The fourth-order valence-corrected chi connectivity index (χ4v) is 2.95. The van der Waals surface area contributed by atoms with E-state index in [1.165, 1.54) is 0 Å². The number of rotatable bonds is 3. The van der Waals surface area contributed by atoms with E-state index >= 15 is 0 Å². The molecule has 1 aliphatic heterocycles. The fourth-order valence-electron chi connectivity index (χ4n) is 2.95. The Morgan fingerprint density at radius 2 is 1.72 bits per heavy atom. The molecule has 5 heteroatoms. The molecule has 0 atom stereocenters. The van der Waals surface area contributed by atoms with Crippen LogP contribution in [0.25, 0.3) is 0 Å². The van der Waals surface area contributed by atoms with Crippen LogP contribution in [0.2, 0.25) is 0 Å².